The van der Waals surface area contributed by atoms with Crippen molar-refractivity contribution in [2.45, 2.75) is 63.7 Å². The lowest BCUT2D eigenvalue weighted by atomic mass is 10.00. The largest absolute Gasteiger partial charge is 0.353 e. The minimum atomic E-state index is -0.0820. The van der Waals surface area contributed by atoms with Gasteiger partial charge in [0.05, 0.1) is 17.2 Å². The zero-order valence-electron chi connectivity index (χ0n) is 14.9. The van der Waals surface area contributed by atoms with Gasteiger partial charge in [-0.15, -0.1) is 12.4 Å². The summed E-state index contributed by atoms with van der Waals surface area (Å²) in [5.74, 6) is 0.0162. The van der Waals surface area contributed by atoms with Gasteiger partial charge < -0.3 is 10.6 Å². The lowest BCUT2D eigenvalue weighted by Crippen LogP contribution is -2.48. The average Bonchev–Trinajstić information content (AvgIpc) is 2.93. The van der Waals surface area contributed by atoms with E-state index < -0.39 is 0 Å². The molecule has 1 amide bonds. The lowest BCUT2D eigenvalue weighted by Gasteiger charge is -2.29. The van der Waals surface area contributed by atoms with E-state index in [0.717, 1.165) is 23.9 Å². The Morgan fingerprint density at radius 1 is 1.31 bits per heavy atom. The van der Waals surface area contributed by atoms with Crippen molar-refractivity contribution in [1.82, 2.24) is 20.2 Å². The van der Waals surface area contributed by atoms with Crippen LogP contribution in [-0.4, -0.2) is 33.6 Å². The van der Waals surface area contributed by atoms with Crippen LogP contribution in [0, 0.1) is 6.92 Å². The summed E-state index contributed by atoms with van der Waals surface area (Å²) in [5, 5.41) is 7.33. The van der Waals surface area contributed by atoms with Gasteiger partial charge in [-0.05, 0) is 44.2 Å². The molecule has 1 aromatic heterocycles. The third kappa shape index (κ3) is 3.76. The number of fused-ring (bicyclic) bond motifs is 3. The third-order valence-electron chi connectivity index (χ3n) is 5.47. The first-order chi connectivity index (χ1) is 12.1. The van der Waals surface area contributed by atoms with Gasteiger partial charge in [0.25, 0.3) is 5.56 Å². The predicted octanol–water partition coefficient (Wildman–Crippen LogP) is 1.92. The SMILES string of the molecule is Cc1cccc2c(=O)n(CCC(=O)NC3CC4CCC(C3)N4)cnc12.Cl. The van der Waals surface area contributed by atoms with Crippen molar-refractivity contribution in [3.8, 4) is 0 Å². The zero-order chi connectivity index (χ0) is 17.4. The molecule has 2 aliphatic rings. The Kier molecular flexibility index (Phi) is 5.63. The second-order valence-corrected chi connectivity index (χ2v) is 7.34. The highest BCUT2D eigenvalue weighted by atomic mass is 35.5. The molecule has 0 saturated carbocycles. The van der Waals surface area contributed by atoms with Crippen LogP contribution in [0.5, 0.6) is 0 Å². The molecule has 6 nitrogen and oxygen atoms in total. The quantitative estimate of drug-likeness (QED) is 0.854. The van der Waals surface area contributed by atoms with Gasteiger partial charge in [0.1, 0.15) is 0 Å². The van der Waals surface area contributed by atoms with Crippen LogP contribution in [0.15, 0.2) is 29.3 Å². The average molecular weight is 377 g/mol. The fourth-order valence-electron chi connectivity index (χ4n) is 4.19. The van der Waals surface area contributed by atoms with Gasteiger partial charge in [-0.25, -0.2) is 4.98 Å². The minimum Gasteiger partial charge on any atom is -0.353 e. The molecule has 2 atom stereocenters. The minimum absolute atomic E-state index is 0. The van der Waals surface area contributed by atoms with Gasteiger partial charge >= 0.3 is 0 Å². The van der Waals surface area contributed by atoms with Crippen LogP contribution in [0.1, 0.15) is 37.7 Å². The van der Waals surface area contributed by atoms with Crippen LogP contribution < -0.4 is 16.2 Å². The standard InChI is InChI=1S/C19H24N4O2.ClH/c1-12-3-2-4-16-18(12)20-11-23(19(16)25)8-7-17(24)22-15-9-13-5-6-14(10-15)21-13;/h2-4,11,13-15,21H,5-10H2,1H3,(H,22,24);1H. The Morgan fingerprint density at radius 3 is 2.77 bits per heavy atom. The Morgan fingerprint density at radius 2 is 2.04 bits per heavy atom. The summed E-state index contributed by atoms with van der Waals surface area (Å²) < 4.78 is 1.54. The van der Waals surface area contributed by atoms with Gasteiger partial charge in [-0.2, -0.15) is 0 Å². The number of hydrogen-bond acceptors (Lipinski definition) is 4. The van der Waals surface area contributed by atoms with Crippen molar-refractivity contribution in [1.29, 1.82) is 0 Å². The second kappa shape index (κ2) is 7.76. The molecule has 2 aliphatic heterocycles. The number of carbonyl (C=O) groups is 1. The molecule has 3 heterocycles. The van der Waals surface area contributed by atoms with Gasteiger partial charge in [0.2, 0.25) is 5.91 Å². The van der Waals surface area contributed by atoms with Crippen molar-refractivity contribution in [3.63, 3.8) is 0 Å². The van der Waals surface area contributed by atoms with Crippen molar-refractivity contribution in [3.05, 3.63) is 40.4 Å². The molecule has 2 bridgehead atoms. The number of nitrogens with zero attached hydrogens (tertiary/aromatic N) is 2. The van der Waals surface area contributed by atoms with Crippen LogP contribution >= 0.6 is 12.4 Å². The molecule has 2 N–H and O–H groups in total. The highest BCUT2D eigenvalue weighted by Crippen LogP contribution is 2.26. The van der Waals surface area contributed by atoms with Gasteiger partial charge in [-0.3, -0.25) is 14.2 Å². The van der Waals surface area contributed by atoms with Crippen LogP contribution in [0.2, 0.25) is 0 Å². The summed E-state index contributed by atoms with van der Waals surface area (Å²) in [6.45, 7) is 2.30. The molecule has 4 rings (SSSR count). The summed E-state index contributed by atoms with van der Waals surface area (Å²) >= 11 is 0. The van der Waals surface area contributed by atoms with Crippen LogP contribution in [0.25, 0.3) is 10.9 Å². The van der Waals surface area contributed by atoms with Crippen molar-refractivity contribution < 1.29 is 4.79 Å². The number of aryl methyl sites for hydroxylation is 2. The lowest BCUT2D eigenvalue weighted by molar-refractivity contribution is -0.122. The molecule has 140 valence electrons. The molecule has 2 aromatic rings. The summed E-state index contributed by atoms with van der Waals surface area (Å²) in [5.41, 5.74) is 1.64. The Labute approximate surface area is 158 Å². The smallest absolute Gasteiger partial charge is 0.261 e. The van der Waals surface area contributed by atoms with E-state index in [1.807, 2.05) is 19.1 Å². The van der Waals surface area contributed by atoms with E-state index in [2.05, 4.69) is 15.6 Å². The van der Waals surface area contributed by atoms with Crippen LogP contribution in [0.3, 0.4) is 0 Å². The van der Waals surface area contributed by atoms with E-state index in [0.29, 0.717) is 30.4 Å². The molecule has 2 fully saturated rings. The highest BCUT2D eigenvalue weighted by molar-refractivity contribution is 5.85. The summed E-state index contributed by atoms with van der Waals surface area (Å²) in [7, 11) is 0. The van der Waals surface area contributed by atoms with Crippen molar-refractivity contribution in [2.24, 2.45) is 0 Å². The molecule has 1 aromatic carbocycles. The number of amides is 1. The number of carbonyl (C=O) groups excluding carboxylic acids is 1. The number of hydrogen-bond donors (Lipinski definition) is 2. The summed E-state index contributed by atoms with van der Waals surface area (Å²) in [6.07, 6.45) is 6.31. The second-order valence-electron chi connectivity index (χ2n) is 7.34. The first-order valence-corrected chi connectivity index (χ1v) is 9.10. The van der Waals surface area contributed by atoms with Gasteiger partial charge in [-0.1, -0.05) is 12.1 Å². The van der Waals surface area contributed by atoms with Gasteiger partial charge in [0, 0.05) is 31.1 Å². The maximum Gasteiger partial charge on any atom is 0.261 e. The van der Waals surface area contributed by atoms with E-state index in [-0.39, 0.29) is 29.9 Å². The van der Waals surface area contributed by atoms with E-state index in [1.54, 1.807) is 12.4 Å². The van der Waals surface area contributed by atoms with Crippen molar-refractivity contribution in [2.75, 3.05) is 0 Å². The highest BCUT2D eigenvalue weighted by Gasteiger charge is 2.33. The molecular formula is C19H25ClN4O2. The molecule has 0 radical (unpaired) electrons. The molecule has 7 heteroatoms. The molecular weight excluding hydrogens is 352 g/mol. The zero-order valence-corrected chi connectivity index (χ0v) is 15.7. The normalized spacial score (nSPS) is 24.3. The maximum atomic E-state index is 12.6. The van der Waals surface area contributed by atoms with Crippen molar-refractivity contribution >= 4 is 29.2 Å². The number of piperidine rings is 1. The Hall–Kier alpha value is -1.92. The van der Waals surface area contributed by atoms with E-state index >= 15 is 0 Å². The first-order valence-electron chi connectivity index (χ1n) is 9.10. The number of halogens is 1. The fraction of sp³-hybridized carbons (Fsp3) is 0.526. The Bertz CT molecular complexity index is 854. The Balaban J connectivity index is 0.00000196. The molecule has 26 heavy (non-hydrogen) atoms. The van der Waals surface area contributed by atoms with Crippen LogP contribution in [0.4, 0.5) is 0 Å². The van der Waals surface area contributed by atoms with E-state index in [4.69, 9.17) is 0 Å². The fourth-order valence-corrected chi connectivity index (χ4v) is 4.19. The number of aromatic nitrogens is 2. The predicted molar refractivity (Wildman–Crippen MR) is 104 cm³/mol. The molecule has 2 saturated heterocycles. The maximum absolute atomic E-state index is 12.6. The molecule has 2 unspecified atom stereocenters. The number of rotatable bonds is 4. The number of para-hydroxylation sites is 1. The molecule has 0 spiro atoms. The number of nitrogens with one attached hydrogen (secondary N) is 2. The third-order valence-corrected chi connectivity index (χ3v) is 5.47. The van der Waals surface area contributed by atoms with Crippen LogP contribution in [-0.2, 0) is 11.3 Å². The monoisotopic (exact) mass is 376 g/mol. The van der Waals surface area contributed by atoms with E-state index in [1.165, 1.54) is 17.4 Å². The molecule has 0 aliphatic carbocycles. The first kappa shape index (κ1) is 18.9. The number of benzene rings is 1. The summed E-state index contributed by atoms with van der Waals surface area (Å²) in [4.78, 5) is 29.2. The topological polar surface area (TPSA) is 76.0 Å². The van der Waals surface area contributed by atoms with Gasteiger partial charge in [0.15, 0.2) is 0 Å². The van der Waals surface area contributed by atoms with E-state index in [9.17, 15) is 9.59 Å². The summed E-state index contributed by atoms with van der Waals surface area (Å²) in [6, 6.07) is 6.97.